The third-order valence-corrected chi connectivity index (χ3v) is 4.03. The minimum Gasteiger partial charge on any atom is -0.341 e. The first kappa shape index (κ1) is 14.4. The van der Waals surface area contributed by atoms with E-state index in [9.17, 15) is 0 Å². The molecule has 1 atom stereocenters. The first-order valence-electron chi connectivity index (χ1n) is 7.76. The van der Waals surface area contributed by atoms with Crippen LogP contribution in [0, 0.1) is 0 Å². The van der Waals surface area contributed by atoms with Gasteiger partial charge in [-0.1, -0.05) is 20.3 Å². The Morgan fingerprint density at radius 3 is 2.95 bits per heavy atom. The predicted octanol–water partition coefficient (Wildman–Crippen LogP) is 2.43. The topological polar surface area (TPSA) is 33.1 Å². The third kappa shape index (κ3) is 3.50. The average Bonchev–Trinajstić information content (AvgIpc) is 2.88. The molecule has 1 saturated heterocycles. The maximum Gasteiger partial charge on any atom is 0.205 e. The summed E-state index contributed by atoms with van der Waals surface area (Å²) >= 11 is 0. The van der Waals surface area contributed by atoms with Crippen LogP contribution in [0.5, 0.6) is 0 Å². The molecule has 4 nitrogen and oxygen atoms in total. The Morgan fingerprint density at radius 1 is 1.42 bits per heavy atom. The maximum atomic E-state index is 4.84. The van der Waals surface area contributed by atoms with Crippen LogP contribution in [0.1, 0.15) is 45.2 Å². The van der Waals surface area contributed by atoms with Crippen molar-refractivity contribution in [1.29, 1.82) is 0 Å². The fraction of sp³-hybridized carbons (Fsp3) is 0.800. The highest BCUT2D eigenvalue weighted by Gasteiger charge is 2.22. The van der Waals surface area contributed by atoms with E-state index in [1.165, 1.54) is 37.3 Å². The number of rotatable bonds is 6. The van der Waals surface area contributed by atoms with E-state index >= 15 is 0 Å². The van der Waals surface area contributed by atoms with Crippen molar-refractivity contribution in [3.63, 3.8) is 0 Å². The molecule has 1 aromatic heterocycles. The van der Waals surface area contributed by atoms with Crippen LogP contribution in [0.4, 0.5) is 5.95 Å². The lowest BCUT2D eigenvalue weighted by atomic mass is 10.1. The second-order valence-corrected chi connectivity index (χ2v) is 5.51. The predicted molar refractivity (Wildman–Crippen MR) is 80.8 cm³/mol. The molecule has 1 aliphatic rings. The number of nitrogens with one attached hydrogen (secondary N) is 1. The van der Waals surface area contributed by atoms with Crippen LogP contribution in [0.3, 0.4) is 0 Å². The molecular formula is C15H28N4. The number of aromatic nitrogens is 2. The molecule has 1 N–H and O–H groups in total. The van der Waals surface area contributed by atoms with Crippen molar-refractivity contribution in [3.8, 4) is 0 Å². The largest absolute Gasteiger partial charge is 0.341 e. The van der Waals surface area contributed by atoms with E-state index in [2.05, 4.69) is 41.9 Å². The van der Waals surface area contributed by atoms with Gasteiger partial charge < -0.3 is 14.8 Å². The van der Waals surface area contributed by atoms with Crippen LogP contribution < -0.4 is 10.2 Å². The van der Waals surface area contributed by atoms with Crippen molar-refractivity contribution in [2.45, 2.75) is 58.5 Å². The molecule has 2 heterocycles. The van der Waals surface area contributed by atoms with Crippen molar-refractivity contribution < 1.29 is 0 Å². The number of unbranched alkanes of at least 4 members (excludes halogenated alkanes) is 1. The van der Waals surface area contributed by atoms with Gasteiger partial charge in [0.25, 0.3) is 0 Å². The van der Waals surface area contributed by atoms with Gasteiger partial charge in [0.2, 0.25) is 5.95 Å². The Hall–Kier alpha value is -1.03. The highest BCUT2D eigenvalue weighted by atomic mass is 15.3. The molecule has 1 aromatic rings. The van der Waals surface area contributed by atoms with E-state index in [0.717, 1.165) is 26.1 Å². The molecular weight excluding hydrogens is 236 g/mol. The first-order valence-corrected chi connectivity index (χ1v) is 7.76. The molecule has 0 radical (unpaired) electrons. The van der Waals surface area contributed by atoms with Gasteiger partial charge >= 0.3 is 0 Å². The van der Waals surface area contributed by atoms with Crippen LogP contribution in [0.15, 0.2) is 6.20 Å². The Morgan fingerprint density at radius 2 is 2.26 bits per heavy atom. The Kier molecular flexibility index (Phi) is 5.25. The normalized spacial score (nSPS) is 19.9. The summed E-state index contributed by atoms with van der Waals surface area (Å²) in [7, 11) is 2.06. The summed E-state index contributed by atoms with van der Waals surface area (Å²) in [6.07, 6.45) is 8.27. The van der Waals surface area contributed by atoms with Crippen LogP contribution in [0.25, 0.3) is 0 Å². The molecule has 0 aliphatic carbocycles. The second-order valence-electron chi connectivity index (χ2n) is 5.51. The molecule has 2 rings (SSSR count). The molecule has 0 saturated carbocycles. The van der Waals surface area contributed by atoms with Gasteiger partial charge in [-0.2, -0.15) is 0 Å². The van der Waals surface area contributed by atoms with Crippen molar-refractivity contribution in [2.75, 3.05) is 25.0 Å². The molecule has 19 heavy (non-hydrogen) atoms. The van der Waals surface area contributed by atoms with Crippen LogP contribution in [0.2, 0.25) is 0 Å². The van der Waals surface area contributed by atoms with Gasteiger partial charge in [0.15, 0.2) is 0 Å². The minimum atomic E-state index is 0.607. The summed E-state index contributed by atoms with van der Waals surface area (Å²) in [5.74, 6) is 1.19. The Labute approximate surface area is 117 Å². The van der Waals surface area contributed by atoms with Gasteiger partial charge in [0, 0.05) is 31.9 Å². The number of imidazole rings is 1. The maximum absolute atomic E-state index is 4.84. The van der Waals surface area contributed by atoms with Crippen molar-refractivity contribution in [3.05, 3.63) is 11.9 Å². The SMILES string of the molecule is CCCCn1cc(CC)nc1N1CCCC(NC)C1. The molecule has 0 amide bonds. The lowest BCUT2D eigenvalue weighted by molar-refractivity contribution is 0.440. The number of hydrogen-bond acceptors (Lipinski definition) is 3. The van der Waals surface area contributed by atoms with Gasteiger partial charge in [-0.3, -0.25) is 0 Å². The second kappa shape index (κ2) is 6.94. The Bertz CT molecular complexity index is 385. The molecule has 0 bridgehead atoms. The van der Waals surface area contributed by atoms with E-state index in [4.69, 9.17) is 4.98 Å². The van der Waals surface area contributed by atoms with Gasteiger partial charge in [0.1, 0.15) is 0 Å². The van der Waals surface area contributed by atoms with E-state index in [1.807, 2.05) is 0 Å². The molecule has 0 spiro atoms. The third-order valence-electron chi connectivity index (χ3n) is 4.03. The van der Waals surface area contributed by atoms with Crippen molar-refractivity contribution in [2.24, 2.45) is 0 Å². The number of nitrogens with zero attached hydrogens (tertiary/aromatic N) is 3. The lowest BCUT2D eigenvalue weighted by Gasteiger charge is -2.33. The molecule has 0 aromatic carbocycles. The van der Waals surface area contributed by atoms with Crippen LogP contribution in [-0.4, -0.2) is 35.7 Å². The Balaban J connectivity index is 2.14. The van der Waals surface area contributed by atoms with Gasteiger partial charge in [-0.15, -0.1) is 0 Å². The molecule has 4 heteroatoms. The zero-order chi connectivity index (χ0) is 13.7. The number of hydrogen-bond donors (Lipinski definition) is 1. The quantitative estimate of drug-likeness (QED) is 0.856. The lowest BCUT2D eigenvalue weighted by Crippen LogP contribution is -2.45. The summed E-state index contributed by atoms with van der Waals surface area (Å²) in [4.78, 5) is 7.29. The smallest absolute Gasteiger partial charge is 0.205 e. The fourth-order valence-corrected chi connectivity index (χ4v) is 2.77. The first-order chi connectivity index (χ1) is 9.28. The average molecular weight is 264 g/mol. The summed E-state index contributed by atoms with van der Waals surface area (Å²) in [5.41, 5.74) is 1.22. The van der Waals surface area contributed by atoms with Gasteiger partial charge in [-0.25, -0.2) is 4.98 Å². The molecule has 108 valence electrons. The summed E-state index contributed by atoms with van der Waals surface area (Å²) < 4.78 is 2.36. The highest BCUT2D eigenvalue weighted by Crippen LogP contribution is 2.20. The van der Waals surface area contributed by atoms with Crippen molar-refractivity contribution in [1.82, 2.24) is 14.9 Å². The molecule has 1 unspecified atom stereocenters. The van der Waals surface area contributed by atoms with Crippen LogP contribution in [-0.2, 0) is 13.0 Å². The number of aryl methyl sites for hydroxylation is 2. The van der Waals surface area contributed by atoms with Crippen LogP contribution >= 0.6 is 0 Å². The van der Waals surface area contributed by atoms with E-state index in [-0.39, 0.29) is 0 Å². The summed E-state index contributed by atoms with van der Waals surface area (Å²) in [6, 6.07) is 0.607. The zero-order valence-electron chi connectivity index (χ0n) is 12.7. The minimum absolute atomic E-state index is 0.607. The number of anilines is 1. The number of piperidine rings is 1. The fourth-order valence-electron chi connectivity index (χ4n) is 2.77. The van der Waals surface area contributed by atoms with E-state index < -0.39 is 0 Å². The number of likely N-dealkylation sites (N-methyl/N-ethyl adjacent to an activating group) is 1. The van der Waals surface area contributed by atoms with E-state index in [1.54, 1.807) is 0 Å². The summed E-state index contributed by atoms with van der Waals surface area (Å²) in [6.45, 7) is 7.75. The summed E-state index contributed by atoms with van der Waals surface area (Å²) in [5, 5.41) is 3.41. The van der Waals surface area contributed by atoms with Gasteiger partial charge in [-0.05, 0) is 32.7 Å². The molecule has 1 aliphatic heterocycles. The highest BCUT2D eigenvalue weighted by molar-refractivity contribution is 5.35. The zero-order valence-corrected chi connectivity index (χ0v) is 12.7. The standard InChI is InChI=1S/C15H28N4/c1-4-6-9-18-11-13(5-2)17-15(18)19-10-7-8-14(12-19)16-3/h11,14,16H,4-10,12H2,1-3H3. The van der Waals surface area contributed by atoms with E-state index in [0.29, 0.717) is 6.04 Å². The van der Waals surface area contributed by atoms with Crippen molar-refractivity contribution >= 4 is 5.95 Å². The molecule has 1 fully saturated rings. The van der Waals surface area contributed by atoms with Gasteiger partial charge in [0.05, 0.1) is 5.69 Å². The monoisotopic (exact) mass is 264 g/mol.